The van der Waals surface area contributed by atoms with Crippen LogP contribution in [-0.2, 0) is 9.53 Å². The first-order chi connectivity index (χ1) is 14.2. The molecule has 4 rings (SSSR count). The maximum absolute atomic E-state index is 11.8. The van der Waals surface area contributed by atoms with E-state index in [0.717, 1.165) is 42.3 Å². The van der Waals surface area contributed by atoms with E-state index in [4.69, 9.17) is 9.47 Å². The van der Waals surface area contributed by atoms with Crippen LogP contribution in [0.15, 0.2) is 30.9 Å². The van der Waals surface area contributed by atoms with Gasteiger partial charge in [0.1, 0.15) is 12.7 Å². The summed E-state index contributed by atoms with van der Waals surface area (Å²) in [6.07, 6.45) is 8.66. The van der Waals surface area contributed by atoms with E-state index < -0.39 is 0 Å². The molecule has 7 nitrogen and oxygen atoms in total. The summed E-state index contributed by atoms with van der Waals surface area (Å²) in [7, 11) is 0. The van der Waals surface area contributed by atoms with E-state index in [1.165, 1.54) is 16.9 Å². The summed E-state index contributed by atoms with van der Waals surface area (Å²) in [6.45, 7) is 4.35. The average Bonchev–Trinajstić information content (AvgIpc) is 3.33. The Morgan fingerprint density at radius 3 is 2.66 bits per heavy atom. The summed E-state index contributed by atoms with van der Waals surface area (Å²) in [6, 6.07) is 6.49. The molecular formula is C21H26N4O3S. The predicted octanol–water partition coefficient (Wildman–Crippen LogP) is 4.59. The molecule has 0 bridgehead atoms. The zero-order valence-corrected chi connectivity index (χ0v) is 17.6. The van der Waals surface area contributed by atoms with Gasteiger partial charge in [0.15, 0.2) is 0 Å². The SMILES string of the molecule is CCC(CC)C(c1ccc2nc(OCOC(=O)C3CCC3)sc2c1)n1cnnc1. The van der Waals surface area contributed by atoms with Gasteiger partial charge in [0.25, 0.3) is 5.19 Å². The number of carbonyl (C=O) groups is 1. The van der Waals surface area contributed by atoms with Crippen molar-refractivity contribution in [3.8, 4) is 5.19 Å². The fraction of sp³-hybridized carbons (Fsp3) is 0.524. The summed E-state index contributed by atoms with van der Waals surface area (Å²) in [5, 5.41) is 8.51. The largest absolute Gasteiger partial charge is 0.432 e. The minimum absolute atomic E-state index is 0.0520. The molecule has 0 N–H and O–H groups in total. The van der Waals surface area contributed by atoms with Gasteiger partial charge in [-0.25, -0.2) is 4.98 Å². The molecule has 2 heterocycles. The Morgan fingerprint density at radius 1 is 1.24 bits per heavy atom. The van der Waals surface area contributed by atoms with Gasteiger partial charge in [0.2, 0.25) is 6.79 Å². The van der Waals surface area contributed by atoms with Crippen LogP contribution < -0.4 is 4.74 Å². The van der Waals surface area contributed by atoms with E-state index in [2.05, 4.69) is 45.7 Å². The number of hydrogen-bond acceptors (Lipinski definition) is 7. The molecular weight excluding hydrogens is 388 g/mol. The van der Waals surface area contributed by atoms with Crippen molar-refractivity contribution in [1.29, 1.82) is 0 Å². The Morgan fingerprint density at radius 2 is 2.00 bits per heavy atom. The third kappa shape index (κ3) is 4.27. The zero-order chi connectivity index (χ0) is 20.2. The summed E-state index contributed by atoms with van der Waals surface area (Å²) in [4.78, 5) is 16.3. The molecule has 154 valence electrons. The zero-order valence-electron chi connectivity index (χ0n) is 16.8. The van der Waals surface area contributed by atoms with Crippen molar-refractivity contribution in [1.82, 2.24) is 19.7 Å². The number of thiazole rings is 1. The van der Waals surface area contributed by atoms with Gasteiger partial charge in [-0.15, -0.1) is 10.2 Å². The molecule has 0 spiro atoms. The van der Waals surface area contributed by atoms with E-state index >= 15 is 0 Å². The molecule has 1 aliphatic rings. The number of rotatable bonds is 9. The van der Waals surface area contributed by atoms with Crippen molar-refractivity contribution >= 4 is 27.5 Å². The highest BCUT2D eigenvalue weighted by atomic mass is 32.1. The molecule has 1 aromatic carbocycles. The molecule has 1 atom stereocenters. The van der Waals surface area contributed by atoms with Gasteiger partial charge in [0.05, 0.1) is 22.2 Å². The minimum Gasteiger partial charge on any atom is -0.432 e. The number of hydrogen-bond donors (Lipinski definition) is 0. The second-order valence-electron chi connectivity index (χ2n) is 7.49. The summed E-state index contributed by atoms with van der Waals surface area (Å²) >= 11 is 1.47. The number of ether oxygens (including phenoxy) is 2. The maximum Gasteiger partial charge on any atom is 0.311 e. The highest BCUT2D eigenvalue weighted by molar-refractivity contribution is 7.20. The van der Waals surface area contributed by atoms with Crippen LogP contribution in [0.1, 0.15) is 57.6 Å². The highest BCUT2D eigenvalue weighted by Crippen LogP contribution is 2.35. The molecule has 0 saturated heterocycles. The molecule has 1 unspecified atom stereocenters. The number of fused-ring (bicyclic) bond motifs is 1. The standard InChI is InChI=1S/C21H26N4O3S/c1-3-14(4-2)19(25-11-22-23-12-25)16-8-9-17-18(10-16)29-21(24-17)28-13-27-20(26)15-6-5-7-15/h8-12,14-15,19H,3-7,13H2,1-2H3. The Kier molecular flexibility index (Phi) is 6.08. The van der Waals surface area contributed by atoms with Crippen LogP contribution in [0.25, 0.3) is 10.2 Å². The maximum atomic E-state index is 11.8. The number of aromatic nitrogens is 4. The molecule has 29 heavy (non-hydrogen) atoms. The van der Waals surface area contributed by atoms with Crippen molar-refractivity contribution in [2.75, 3.05) is 6.79 Å². The first-order valence-corrected chi connectivity index (χ1v) is 11.0. The van der Waals surface area contributed by atoms with E-state index in [9.17, 15) is 4.79 Å². The fourth-order valence-corrected chi connectivity index (χ4v) is 4.69. The monoisotopic (exact) mass is 414 g/mol. The first kappa shape index (κ1) is 19.8. The summed E-state index contributed by atoms with van der Waals surface area (Å²) in [5.74, 6) is 0.371. The lowest BCUT2D eigenvalue weighted by atomic mass is 9.86. The second kappa shape index (κ2) is 8.90. The van der Waals surface area contributed by atoms with Gasteiger partial charge in [-0.3, -0.25) is 4.79 Å². The number of nitrogens with zero attached hydrogens (tertiary/aromatic N) is 4. The number of benzene rings is 1. The molecule has 2 aromatic heterocycles. The van der Waals surface area contributed by atoms with Crippen LogP contribution in [0.4, 0.5) is 0 Å². The molecule has 1 saturated carbocycles. The van der Waals surface area contributed by atoms with E-state index in [1.807, 2.05) is 6.07 Å². The molecule has 0 amide bonds. The Hall–Kier alpha value is -2.48. The third-order valence-electron chi connectivity index (χ3n) is 5.81. The summed E-state index contributed by atoms with van der Waals surface area (Å²) < 4.78 is 13.9. The summed E-state index contributed by atoms with van der Waals surface area (Å²) in [5.41, 5.74) is 2.09. The van der Waals surface area contributed by atoms with Crippen LogP contribution in [0, 0.1) is 11.8 Å². The quantitative estimate of drug-likeness (QED) is 0.376. The molecule has 3 aromatic rings. The van der Waals surface area contributed by atoms with E-state index in [1.54, 1.807) is 12.7 Å². The molecule has 0 radical (unpaired) electrons. The highest BCUT2D eigenvalue weighted by Gasteiger charge is 2.27. The Labute approximate surface area is 174 Å². The molecule has 8 heteroatoms. The molecule has 0 aliphatic heterocycles. The third-order valence-corrected chi connectivity index (χ3v) is 6.74. The lowest BCUT2D eigenvalue weighted by molar-refractivity contribution is -0.158. The van der Waals surface area contributed by atoms with Gasteiger partial charge in [-0.2, -0.15) is 0 Å². The molecule has 1 fully saturated rings. The van der Waals surface area contributed by atoms with Crippen molar-refractivity contribution in [2.24, 2.45) is 11.8 Å². The number of esters is 1. The second-order valence-corrected chi connectivity index (χ2v) is 8.48. The lowest BCUT2D eigenvalue weighted by Crippen LogP contribution is -2.25. The first-order valence-electron chi connectivity index (χ1n) is 10.2. The van der Waals surface area contributed by atoms with Crippen LogP contribution >= 0.6 is 11.3 Å². The lowest BCUT2D eigenvalue weighted by Gasteiger charge is -2.26. The van der Waals surface area contributed by atoms with E-state index in [-0.39, 0.29) is 24.7 Å². The predicted molar refractivity (Wildman–Crippen MR) is 111 cm³/mol. The minimum atomic E-state index is -0.165. The average molecular weight is 415 g/mol. The van der Waals surface area contributed by atoms with Gasteiger partial charge in [-0.05, 0) is 36.5 Å². The van der Waals surface area contributed by atoms with Crippen LogP contribution in [-0.4, -0.2) is 32.5 Å². The van der Waals surface area contributed by atoms with Gasteiger partial charge in [0, 0.05) is 0 Å². The van der Waals surface area contributed by atoms with Gasteiger partial charge >= 0.3 is 5.97 Å². The number of carbonyl (C=O) groups excluding carboxylic acids is 1. The van der Waals surface area contributed by atoms with E-state index in [0.29, 0.717) is 11.1 Å². The van der Waals surface area contributed by atoms with Crippen LogP contribution in [0.2, 0.25) is 0 Å². The van der Waals surface area contributed by atoms with Gasteiger partial charge < -0.3 is 14.0 Å². The normalized spacial score (nSPS) is 15.4. The smallest absolute Gasteiger partial charge is 0.311 e. The van der Waals surface area contributed by atoms with Crippen molar-refractivity contribution in [3.63, 3.8) is 0 Å². The van der Waals surface area contributed by atoms with Crippen molar-refractivity contribution in [3.05, 3.63) is 36.4 Å². The Balaban J connectivity index is 1.50. The fourth-order valence-electron chi connectivity index (χ4n) is 3.84. The van der Waals surface area contributed by atoms with Crippen LogP contribution in [0.3, 0.4) is 0 Å². The molecule has 1 aliphatic carbocycles. The van der Waals surface area contributed by atoms with Crippen LogP contribution in [0.5, 0.6) is 5.19 Å². The van der Waals surface area contributed by atoms with Crippen molar-refractivity contribution in [2.45, 2.75) is 52.0 Å². The van der Waals surface area contributed by atoms with Gasteiger partial charge in [-0.1, -0.05) is 50.5 Å². The topological polar surface area (TPSA) is 79.1 Å². The Bertz CT molecular complexity index is 948. The van der Waals surface area contributed by atoms with Crippen molar-refractivity contribution < 1.29 is 14.3 Å².